The maximum Gasteiger partial charge on any atom is 0.321 e. The predicted octanol–water partition coefficient (Wildman–Crippen LogP) is 1.51. The minimum absolute atomic E-state index is 0.0417. The number of fused-ring (bicyclic) bond motifs is 1. The number of thioether (sulfide) groups is 1. The number of hydrogen-bond donors (Lipinski definition) is 2. The van der Waals surface area contributed by atoms with Gasteiger partial charge in [0.05, 0.1) is 28.8 Å². The summed E-state index contributed by atoms with van der Waals surface area (Å²) in [6, 6.07) is 6.55. The molecule has 2 heterocycles. The first-order chi connectivity index (χ1) is 13.0. The average molecular weight is 390 g/mol. The van der Waals surface area contributed by atoms with Crippen molar-refractivity contribution in [3.63, 3.8) is 0 Å². The number of carbonyl (C=O) groups excluding carboxylic acids is 2. The molecule has 1 aliphatic heterocycles. The number of rotatable bonds is 5. The number of imide groups is 1. The molecule has 0 unspecified atom stereocenters. The van der Waals surface area contributed by atoms with Crippen molar-refractivity contribution in [3.8, 4) is 0 Å². The Bertz CT molecular complexity index is 908. The summed E-state index contributed by atoms with van der Waals surface area (Å²) in [5.41, 5.74) is 0.421. The zero-order chi connectivity index (χ0) is 19.4. The largest absolute Gasteiger partial charge is 0.376 e. The van der Waals surface area contributed by atoms with E-state index in [2.05, 4.69) is 15.6 Å². The fourth-order valence-corrected chi connectivity index (χ4v) is 3.80. The first-order valence-corrected chi connectivity index (χ1v) is 9.68. The Morgan fingerprint density at radius 3 is 2.89 bits per heavy atom. The van der Waals surface area contributed by atoms with E-state index in [-0.39, 0.29) is 11.7 Å². The molecule has 0 spiro atoms. The highest BCUT2D eigenvalue weighted by atomic mass is 32.2. The van der Waals surface area contributed by atoms with E-state index in [0.717, 1.165) is 24.6 Å². The Balaban J connectivity index is 1.93. The van der Waals surface area contributed by atoms with Gasteiger partial charge in [-0.05, 0) is 31.9 Å². The first kappa shape index (κ1) is 19.4. The van der Waals surface area contributed by atoms with Gasteiger partial charge in [-0.1, -0.05) is 23.9 Å². The second-order valence-electron chi connectivity index (χ2n) is 6.29. The van der Waals surface area contributed by atoms with Gasteiger partial charge in [0, 0.05) is 13.7 Å². The Kier molecular flexibility index (Phi) is 6.12. The molecule has 1 aromatic carbocycles. The molecular formula is C18H22N4O4S. The third kappa shape index (κ3) is 4.48. The lowest BCUT2D eigenvalue weighted by Gasteiger charge is -2.18. The zero-order valence-corrected chi connectivity index (χ0v) is 16.0. The standard InChI is InChI=1S/C18H22N4O4S/c1-11(15(23)21-17(25)19-2)27-18-20-14-8-4-3-7-13(14)16(24)22(18)10-12-6-5-9-26-12/h3-4,7-8,11-12H,5-6,9-10H2,1-2H3,(H2,19,21,23,25)/t11-,12+/m0/s1. The minimum Gasteiger partial charge on any atom is -0.376 e. The van der Waals surface area contributed by atoms with Crippen LogP contribution in [0.5, 0.6) is 0 Å². The molecule has 1 aromatic heterocycles. The Morgan fingerprint density at radius 2 is 2.19 bits per heavy atom. The third-order valence-electron chi connectivity index (χ3n) is 4.35. The molecule has 0 radical (unpaired) electrons. The number of ether oxygens (including phenoxy) is 1. The van der Waals surface area contributed by atoms with E-state index in [4.69, 9.17) is 4.74 Å². The van der Waals surface area contributed by atoms with Crippen molar-refractivity contribution >= 4 is 34.6 Å². The molecule has 0 bridgehead atoms. The number of aromatic nitrogens is 2. The van der Waals surface area contributed by atoms with Crippen LogP contribution in [-0.4, -0.2) is 46.5 Å². The number of para-hydroxylation sites is 1. The highest BCUT2D eigenvalue weighted by Crippen LogP contribution is 2.24. The van der Waals surface area contributed by atoms with Crippen molar-refractivity contribution in [3.05, 3.63) is 34.6 Å². The van der Waals surface area contributed by atoms with E-state index in [9.17, 15) is 14.4 Å². The van der Waals surface area contributed by atoms with Crippen LogP contribution >= 0.6 is 11.8 Å². The number of nitrogens with one attached hydrogen (secondary N) is 2. The van der Waals surface area contributed by atoms with Gasteiger partial charge in [-0.3, -0.25) is 19.5 Å². The monoisotopic (exact) mass is 390 g/mol. The van der Waals surface area contributed by atoms with Crippen molar-refractivity contribution in [2.75, 3.05) is 13.7 Å². The zero-order valence-electron chi connectivity index (χ0n) is 15.2. The number of hydrogen-bond acceptors (Lipinski definition) is 6. The molecule has 27 heavy (non-hydrogen) atoms. The smallest absolute Gasteiger partial charge is 0.321 e. The van der Waals surface area contributed by atoms with Gasteiger partial charge in [0.1, 0.15) is 0 Å². The lowest BCUT2D eigenvalue weighted by molar-refractivity contribution is -0.119. The summed E-state index contributed by atoms with van der Waals surface area (Å²) >= 11 is 1.15. The molecule has 3 amide bonds. The number of nitrogens with zero attached hydrogens (tertiary/aromatic N) is 2. The van der Waals surface area contributed by atoms with Crippen molar-refractivity contribution in [1.29, 1.82) is 0 Å². The highest BCUT2D eigenvalue weighted by Gasteiger charge is 2.23. The van der Waals surface area contributed by atoms with Crippen LogP contribution in [-0.2, 0) is 16.1 Å². The number of urea groups is 1. The molecule has 3 rings (SSSR count). The van der Waals surface area contributed by atoms with Gasteiger partial charge in [-0.15, -0.1) is 0 Å². The molecule has 2 aromatic rings. The summed E-state index contributed by atoms with van der Waals surface area (Å²) in [5, 5.41) is 4.95. The highest BCUT2D eigenvalue weighted by molar-refractivity contribution is 8.00. The Morgan fingerprint density at radius 1 is 1.41 bits per heavy atom. The molecule has 0 aliphatic carbocycles. The molecule has 9 heteroatoms. The van der Waals surface area contributed by atoms with Crippen LogP contribution < -0.4 is 16.2 Å². The molecule has 1 aliphatic rings. The van der Waals surface area contributed by atoms with E-state index < -0.39 is 17.2 Å². The van der Waals surface area contributed by atoms with Crippen molar-refractivity contribution in [1.82, 2.24) is 20.2 Å². The minimum atomic E-state index is -0.605. The maximum atomic E-state index is 13.0. The molecule has 2 atom stereocenters. The molecule has 144 valence electrons. The van der Waals surface area contributed by atoms with Gasteiger partial charge in [0.2, 0.25) is 5.91 Å². The van der Waals surface area contributed by atoms with Gasteiger partial charge in [0.25, 0.3) is 5.56 Å². The number of carbonyl (C=O) groups is 2. The van der Waals surface area contributed by atoms with Gasteiger partial charge in [0.15, 0.2) is 5.16 Å². The van der Waals surface area contributed by atoms with Crippen LogP contribution in [0.3, 0.4) is 0 Å². The molecule has 1 fully saturated rings. The second-order valence-corrected chi connectivity index (χ2v) is 7.60. The molecular weight excluding hydrogens is 368 g/mol. The Hall–Kier alpha value is -2.39. The van der Waals surface area contributed by atoms with E-state index in [1.807, 2.05) is 6.07 Å². The van der Waals surface area contributed by atoms with Crippen LogP contribution in [0.15, 0.2) is 34.2 Å². The molecule has 2 N–H and O–H groups in total. The predicted molar refractivity (Wildman–Crippen MR) is 103 cm³/mol. The summed E-state index contributed by atoms with van der Waals surface area (Å²) in [6.45, 7) is 2.75. The quantitative estimate of drug-likeness (QED) is 0.593. The summed E-state index contributed by atoms with van der Waals surface area (Å²) in [5.74, 6) is -0.453. The van der Waals surface area contributed by atoms with E-state index >= 15 is 0 Å². The third-order valence-corrected chi connectivity index (χ3v) is 5.44. The van der Waals surface area contributed by atoms with Crippen LogP contribution in [0, 0.1) is 0 Å². The average Bonchev–Trinajstić information content (AvgIpc) is 3.17. The van der Waals surface area contributed by atoms with Crippen molar-refractivity contribution in [2.45, 2.75) is 42.8 Å². The lowest BCUT2D eigenvalue weighted by Crippen LogP contribution is -2.41. The van der Waals surface area contributed by atoms with Crippen LogP contribution in [0.2, 0.25) is 0 Å². The van der Waals surface area contributed by atoms with Gasteiger partial charge in [-0.25, -0.2) is 9.78 Å². The van der Waals surface area contributed by atoms with Gasteiger partial charge >= 0.3 is 6.03 Å². The fraction of sp³-hybridized carbons (Fsp3) is 0.444. The van der Waals surface area contributed by atoms with E-state index in [0.29, 0.717) is 29.2 Å². The van der Waals surface area contributed by atoms with Crippen molar-refractivity contribution in [2.24, 2.45) is 0 Å². The van der Waals surface area contributed by atoms with Gasteiger partial charge in [-0.2, -0.15) is 0 Å². The number of benzene rings is 1. The number of amides is 3. The summed E-state index contributed by atoms with van der Waals surface area (Å²) in [7, 11) is 1.44. The summed E-state index contributed by atoms with van der Waals surface area (Å²) < 4.78 is 7.25. The lowest BCUT2D eigenvalue weighted by atomic mass is 10.2. The Labute approximate surface area is 160 Å². The van der Waals surface area contributed by atoms with E-state index in [1.165, 1.54) is 7.05 Å². The van der Waals surface area contributed by atoms with Gasteiger partial charge < -0.3 is 10.1 Å². The van der Waals surface area contributed by atoms with E-state index in [1.54, 1.807) is 29.7 Å². The molecule has 0 saturated carbocycles. The second kappa shape index (κ2) is 8.53. The summed E-state index contributed by atoms with van der Waals surface area (Å²) in [6.07, 6.45) is 1.81. The van der Waals surface area contributed by atoms with Crippen LogP contribution in [0.4, 0.5) is 4.79 Å². The van der Waals surface area contributed by atoms with Crippen LogP contribution in [0.1, 0.15) is 19.8 Å². The molecule has 8 nitrogen and oxygen atoms in total. The normalized spacial score (nSPS) is 17.6. The maximum absolute atomic E-state index is 13.0. The fourth-order valence-electron chi connectivity index (χ4n) is 2.88. The van der Waals surface area contributed by atoms with Crippen molar-refractivity contribution < 1.29 is 14.3 Å². The topological polar surface area (TPSA) is 102 Å². The van der Waals surface area contributed by atoms with Crippen LogP contribution in [0.25, 0.3) is 10.9 Å². The SMILES string of the molecule is CNC(=O)NC(=O)[C@H](C)Sc1nc2ccccc2c(=O)n1C[C@H]1CCCO1. The summed E-state index contributed by atoms with van der Waals surface area (Å²) in [4.78, 5) is 41.1. The molecule has 1 saturated heterocycles. The first-order valence-electron chi connectivity index (χ1n) is 8.80.